The number of anilines is 5. The fraction of sp³-hybridized carbons (Fsp3) is 0.200. The Hall–Kier alpha value is -13.1. The van der Waals surface area contributed by atoms with E-state index in [1.807, 2.05) is 60.7 Å². The molecule has 7 amide bonds. The number of hydrazine groups is 1. The largest absolute Gasteiger partial charge is 0.488 e. The van der Waals surface area contributed by atoms with Gasteiger partial charge in [0.1, 0.15) is 54.7 Å². The second-order valence-corrected chi connectivity index (χ2v) is 27.3. The number of fused-ring (bicyclic) bond motifs is 2. The maximum absolute atomic E-state index is 12.6. The number of ketones is 3. The van der Waals surface area contributed by atoms with Crippen molar-refractivity contribution in [1.29, 1.82) is 0 Å². The van der Waals surface area contributed by atoms with Gasteiger partial charge < -0.3 is 45.4 Å². The topological polar surface area (TPSA) is 360 Å². The highest BCUT2D eigenvalue weighted by atomic mass is 16.4. The quantitative estimate of drug-likeness (QED) is 0.0323. The van der Waals surface area contributed by atoms with Gasteiger partial charge in [0.15, 0.2) is 17.3 Å². The lowest BCUT2D eigenvalue weighted by Gasteiger charge is -2.31. The van der Waals surface area contributed by atoms with Gasteiger partial charge in [0.25, 0.3) is 11.8 Å². The number of hydrogen-bond acceptors (Lipinski definition) is 18. The maximum Gasteiger partial charge on any atom is 0.488 e. The van der Waals surface area contributed by atoms with E-state index in [0.29, 0.717) is 100 Å². The standard InChI is InChI=1S/C19H15NO4.C18H15NO3.C17H16BNO4.C17H14N2O3.C14H17BN2O4/c21-11-14-3-1-13(2-4-14)9-17-18(23)10-20(19(17)24)16-7-5-15(12-22)6-8-16;20-12-14-6-8-15(9-7-14)19-11-17(21)16(18(19)22)10-13-4-2-1-3-5-13;20-16-11-19(14-8-6-13(7-9-14)18(22)23)17(21)15(16)10-12-4-2-1-3-5-12;20-10-12-7-5-11(6-8-12)9-13-16(21)18-14-3-1-2-4-15(14)19-17(13)22;18-13-12(14(19)17-8-2-1-7-16(13)17)9-10-3-5-11(6-4-10)15(20)21/h1-8,11-12,17H,9-10H2;1-9,12,16H,10-11H2;1-9,15,22-23H,10-11H2;1-8,10,13H,9H2,(H,18,21)(H,19,22);3-6,12,20-21H,1-2,7-9H2. The van der Waals surface area contributed by atoms with Crippen molar-refractivity contribution in [2.24, 2.45) is 29.6 Å². The second kappa shape index (κ2) is 37.4. The molecule has 0 spiro atoms. The average Bonchev–Trinajstić information content (AvgIpc) is 1.54. The van der Waals surface area contributed by atoms with E-state index in [0.717, 1.165) is 65.8 Å². The molecule has 25 nitrogen and oxygen atoms in total. The van der Waals surface area contributed by atoms with Crippen LogP contribution in [0.5, 0.6) is 0 Å². The SMILES string of the molecule is O=C1C(Cc2ccc(B(O)O)cc2)C(=O)N2CCCCN12.O=C1CN(c2ccc(B(O)O)cc2)C(=O)C1Cc1ccccc1.O=Cc1ccc(CC2C(=O)CN(c3ccc(C=O)cc3)C2=O)cc1.O=Cc1ccc(CC2C(=O)Nc3ccccc3NC2=O)cc1.O=Cc1ccc(N2CC(=O)C(Cc3ccccc3)C2=O)cc1. The molecule has 27 heteroatoms. The minimum Gasteiger partial charge on any atom is -0.423 e. The monoisotopic (exact) mass is 1510 g/mol. The lowest BCUT2D eigenvalue weighted by molar-refractivity contribution is -0.150. The number of carbonyl (C=O) groups is 14. The van der Waals surface area contributed by atoms with Crippen molar-refractivity contribution in [3.8, 4) is 0 Å². The minimum absolute atomic E-state index is 0.0381. The second-order valence-electron chi connectivity index (χ2n) is 27.3. The number of Topliss-reactive ketones (excluding diaryl/α,β-unsaturated/α-hetero) is 3. The van der Waals surface area contributed by atoms with Crippen LogP contribution in [0, 0.1) is 29.6 Å². The molecular formula is C85H77B2N7O18. The van der Waals surface area contributed by atoms with Gasteiger partial charge in [0.2, 0.25) is 29.5 Å². The summed E-state index contributed by atoms with van der Waals surface area (Å²) >= 11 is 0. The summed E-state index contributed by atoms with van der Waals surface area (Å²) in [4.78, 5) is 171. The van der Waals surface area contributed by atoms with Crippen LogP contribution >= 0.6 is 0 Å². The predicted molar refractivity (Wildman–Crippen MR) is 417 cm³/mol. The lowest BCUT2D eigenvalue weighted by Crippen LogP contribution is -2.45. The van der Waals surface area contributed by atoms with Gasteiger partial charge in [-0.25, -0.2) is 0 Å². The number of nitrogens with zero attached hydrogens (tertiary/aromatic N) is 5. The Morgan fingerprint density at radius 1 is 0.304 bits per heavy atom. The molecule has 0 aromatic heterocycles. The maximum atomic E-state index is 12.6. The van der Waals surface area contributed by atoms with Crippen LogP contribution in [0.1, 0.15) is 82.1 Å². The van der Waals surface area contributed by atoms with Crippen molar-refractivity contribution >= 4 is 137 Å². The van der Waals surface area contributed by atoms with Crippen molar-refractivity contribution in [2.75, 3.05) is 58.1 Å². The Labute approximate surface area is 644 Å². The zero-order valence-electron chi connectivity index (χ0n) is 60.5. The van der Waals surface area contributed by atoms with E-state index in [1.54, 1.807) is 168 Å². The Morgan fingerprint density at radius 2 is 0.562 bits per heavy atom. The molecule has 3 atom stereocenters. The first-order chi connectivity index (χ1) is 54.1. The molecule has 9 aromatic carbocycles. The summed E-state index contributed by atoms with van der Waals surface area (Å²) in [5.74, 6) is -5.24. The fourth-order valence-corrected chi connectivity index (χ4v) is 13.6. The summed E-state index contributed by atoms with van der Waals surface area (Å²) < 4.78 is 0. The molecule has 112 heavy (non-hydrogen) atoms. The molecule has 5 saturated heterocycles. The molecule has 0 aliphatic carbocycles. The van der Waals surface area contributed by atoms with E-state index in [4.69, 9.17) is 20.1 Å². The highest BCUT2D eigenvalue weighted by Gasteiger charge is 2.47. The van der Waals surface area contributed by atoms with Gasteiger partial charge in [0, 0.05) is 52.4 Å². The van der Waals surface area contributed by atoms with E-state index < -0.39 is 43.8 Å². The van der Waals surface area contributed by atoms with E-state index >= 15 is 0 Å². The van der Waals surface area contributed by atoms with Crippen molar-refractivity contribution < 1.29 is 87.2 Å². The molecule has 6 aliphatic heterocycles. The van der Waals surface area contributed by atoms with Crippen LogP contribution in [0.4, 0.5) is 28.4 Å². The predicted octanol–water partition coefficient (Wildman–Crippen LogP) is 5.65. The van der Waals surface area contributed by atoms with Gasteiger partial charge in [0.05, 0.1) is 31.0 Å². The average molecular weight is 1510 g/mol. The van der Waals surface area contributed by atoms with Crippen LogP contribution < -0.4 is 36.3 Å². The third-order valence-electron chi connectivity index (χ3n) is 19.8. The van der Waals surface area contributed by atoms with Crippen molar-refractivity contribution in [3.05, 3.63) is 281 Å². The van der Waals surface area contributed by atoms with Gasteiger partial charge in [-0.05, 0) is 156 Å². The Balaban J connectivity index is 0.000000139. The fourth-order valence-electron chi connectivity index (χ4n) is 13.6. The Morgan fingerprint density at radius 3 is 0.875 bits per heavy atom. The highest BCUT2D eigenvalue weighted by molar-refractivity contribution is 6.59. The molecule has 9 aromatic rings. The zero-order chi connectivity index (χ0) is 79.5. The summed E-state index contributed by atoms with van der Waals surface area (Å²) in [5.41, 5.74) is 10.4. The van der Waals surface area contributed by atoms with Crippen LogP contribution in [0.2, 0.25) is 0 Å². The summed E-state index contributed by atoms with van der Waals surface area (Å²) in [6.45, 7) is 1.43. The van der Waals surface area contributed by atoms with E-state index in [1.165, 1.54) is 26.8 Å². The smallest absolute Gasteiger partial charge is 0.423 e. The Bertz CT molecular complexity index is 4900. The molecule has 6 heterocycles. The first-order valence-electron chi connectivity index (χ1n) is 36.2. The number of carbonyl (C=O) groups excluding carboxylic acids is 14. The number of aldehydes is 4. The third-order valence-corrected chi connectivity index (χ3v) is 19.8. The van der Waals surface area contributed by atoms with Gasteiger partial charge in [-0.15, -0.1) is 0 Å². The lowest BCUT2D eigenvalue weighted by atomic mass is 9.80. The van der Waals surface area contributed by atoms with Gasteiger partial charge >= 0.3 is 14.2 Å². The van der Waals surface area contributed by atoms with Gasteiger partial charge in [-0.1, -0.05) is 158 Å². The van der Waals surface area contributed by atoms with Gasteiger partial charge in [-0.2, -0.15) is 0 Å². The molecular weight excluding hydrogens is 1430 g/mol. The number of amides is 7. The molecule has 3 unspecified atom stereocenters. The molecule has 5 fully saturated rings. The normalized spacial score (nSPS) is 17.2. The van der Waals surface area contributed by atoms with Crippen LogP contribution in [0.3, 0.4) is 0 Å². The number of benzene rings is 9. The van der Waals surface area contributed by atoms with E-state index in [-0.39, 0.29) is 84.8 Å². The van der Waals surface area contributed by atoms with Crippen molar-refractivity contribution in [3.63, 3.8) is 0 Å². The first-order valence-corrected chi connectivity index (χ1v) is 36.2. The molecule has 15 rings (SSSR count). The highest BCUT2D eigenvalue weighted by Crippen LogP contribution is 2.32. The molecule has 6 N–H and O–H groups in total. The molecule has 6 aliphatic rings. The molecule has 0 radical (unpaired) electrons. The van der Waals surface area contributed by atoms with Crippen LogP contribution in [-0.2, 0) is 80.0 Å². The van der Waals surface area contributed by atoms with E-state index in [9.17, 15) is 67.1 Å². The summed E-state index contributed by atoms with van der Waals surface area (Å²) in [5, 5.41) is 45.0. The van der Waals surface area contributed by atoms with Gasteiger partial charge in [-0.3, -0.25) is 77.1 Å². The minimum atomic E-state index is -1.55. The number of hydrogen-bond donors (Lipinski definition) is 6. The summed E-state index contributed by atoms with van der Waals surface area (Å²) in [6, 6.07) is 65.9. The number of nitrogens with one attached hydrogen (secondary N) is 2. The van der Waals surface area contributed by atoms with E-state index in [2.05, 4.69) is 10.6 Å². The number of para-hydroxylation sites is 2. The van der Waals surface area contributed by atoms with Crippen LogP contribution in [0.15, 0.2) is 231 Å². The molecule has 0 saturated carbocycles. The third kappa shape index (κ3) is 19.7. The summed E-state index contributed by atoms with van der Waals surface area (Å²) in [6.07, 6.45) is 6.65. The zero-order valence-corrected chi connectivity index (χ0v) is 60.5. The van der Waals surface area contributed by atoms with Crippen molar-refractivity contribution in [1.82, 2.24) is 10.0 Å². The van der Waals surface area contributed by atoms with Crippen LogP contribution in [-0.4, -0.2) is 161 Å². The molecule has 0 bridgehead atoms. The number of rotatable bonds is 19. The van der Waals surface area contributed by atoms with Crippen molar-refractivity contribution in [2.45, 2.75) is 44.9 Å². The molecule has 566 valence electrons. The first kappa shape index (κ1) is 80.0. The summed E-state index contributed by atoms with van der Waals surface area (Å²) in [7, 11) is -3.06. The van der Waals surface area contributed by atoms with Crippen LogP contribution in [0.25, 0.3) is 0 Å². The Kier molecular flexibility index (Phi) is 26.7.